The minimum absolute atomic E-state index is 0.0251. The zero-order valence-corrected chi connectivity index (χ0v) is 19.4. The van der Waals surface area contributed by atoms with Crippen LogP contribution in [0.1, 0.15) is 29.9 Å². The normalized spacial score (nSPS) is 15.3. The minimum atomic E-state index is -0.176. The molecule has 1 atom stereocenters. The number of amides is 1. The molecule has 1 aliphatic rings. The van der Waals surface area contributed by atoms with Gasteiger partial charge in [-0.2, -0.15) is 0 Å². The smallest absolute Gasteiger partial charge is 0.220 e. The molecular weight excluding hydrogens is 418 g/mol. The number of morpholine rings is 1. The summed E-state index contributed by atoms with van der Waals surface area (Å²) in [5, 5.41) is 4.22. The fourth-order valence-electron chi connectivity index (χ4n) is 4.57. The van der Waals surface area contributed by atoms with Gasteiger partial charge >= 0.3 is 0 Å². The average Bonchev–Trinajstić information content (AvgIpc) is 3.29. The van der Waals surface area contributed by atoms with E-state index in [0.717, 1.165) is 61.3 Å². The molecule has 0 spiro atoms. The molecule has 7 nitrogen and oxygen atoms in total. The van der Waals surface area contributed by atoms with Crippen molar-refractivity contribution in [3.63, 3.8) is 0 Å². The molecule has 33 heavy (non-hydrogen) atoms. The molecule has 176 valence electrons. The number of carbonyl (C=O) groups excluding carboxylic acids is 1. The van der Waals surface area contributed by atoms with Crippen molar-refractivity contribution in [2.24, 2.45) is 0 Å². The number of methoxy groups -OCH3 is 2. The second-order valence-electron chi connectivity index (χ2n) is 8.29. The molecule has 0 bridgehead atoms. The summed E-state index contributed by atoms with van der Waals surface area (Å²) in [6.45, 7) is 5.14. The van der Waals surface area contributed by atoms with Crippen LogP contribution in [0.3, 0.4) is 0 Å². The first-order valence-electron chi connectivity index (χ1n) is 11.5. The van der Waals surface area contributed by atoms with E-state index in [1.165, 1.54) is 0 Å². The van der Waals surface area contributed by atoms with Crippen molar-refractivity contribution in [3.8, 4) is 11.5 Å². The van der Waals surface area contributed by atoms with Crippen LogP contribution in [0.15, 0.2) is 48.7 Å². The topological polar surface area (TPSA) is 75.8 Å². The fourth-order valence-corrected chi connectivity index (χ4v) is 4.57. The minimum Gasteiger partial charge on any atom is -0.493 e. The Labute approximate surface area is 195 Å². The molecule has 0 unspecified atom stereocenters. The van der Waals surface area contributed by atoms with E-state index >= 15 is 0 Å². The molecule has 3 aromatic rings. The van der Waals surface area contributed by atoms with Gasteiger partial charge in [-0.15, -0.1) is 0 Å². The number of aromatic nitrogens is 1. The summed E-state index contributed by atoms with van der Waals surface area (Å²) >= 11 is 0. The highest BCUT2D eigenvalue weighted by molar-refractivity contribution is 5.86. The Morgan fingerprint density at radius 3 is 2.70 bits per heavy atom. The summed E-state index contributed by atoms with van der Waals surface area (Å²) in [5.74, 6) is 1.17. The molecule has 1 amide bonds. The third-order valence-corrected chi connectivity index (χ3v) is 6.27. The molecular formula is C26H33N3O4. The van der Waals surface area contributed by atoms with Crippen LogP contribution in [0.25, 0.3) is 10.9 Å². The average molecular weight is 452 g/mol. The van der Waals surface area contributed by atoms with Gasteiger partial charge < -0.3 is 24.5 Å². The molecule has 0 radical (unpaired) electrons. The van der Waals surface area contributed by atoms with Crippen LogP contribution in [-0.2, 0) is 9.53 Å². The van der Waals surface area contributed by atoms with Crippen LogP contribution in [0.2, 0.25) is 0 Å². The molecule has 1 aliphatic heterocycles. The third-order valence-electron chi connectivity index (χ3n) is 6.27. The van der Waals surface area contributed by atoms with Crippen molar-refractivity contribution in [1.82, 2.24) is 15.2 Å². The van der Waals surface area contributed by atoms with E-state index in [9.17, 15) is 4.79 Å². The summed E-state index contributed by atoms with van der Waals surface area (Å²) in [6.07, 6.45) is 3.24. The number of hydrogen-bond acceptors (Lipinski definition) is 5. The van der Waals surface area contributed by atoms with Crippen molar-refractivity contribution >= 4 is 16.8 Å². The zero-order chi connectivity index (χ0) is 23.0. The highest BCUT2D eigenvalue weighted by atomic mass is 16.5. The van der Waals surface area contributed by atoms with Crippen LogP contribution in [-0.4, -0.2) is 69.4 Å². The third kappa shape index (κ3) is 5.49. The molecule has 0 saturated carbocycles. The Kier molecular flexibility index (Phi) is 7.86. The van der Waals surface area contributed by atoms with Crippen LogP contribution >= 0.6 is 0 Å². The van der Waals surface area contributed by atoms with Crippen molar-refractivity contribution in [3.05, 3.63) is 59.8 Å². The highest BCUT2D eigenvalue weighted by Crippen LogP contribution is 2.41. The number of nitrogens with one attached hydrogen (secondary N) is 2. The van der Waals surface area contributed by atoms with Gasteiger partial charge in [0.25, 0.3) is 0 Å². The van der Waals surface area contributed by atoms with Crippen molar-refractivity contribution in [2.75, 3.05) is 53.6 Å². The molecule has 2 N–H and O–H groups in total. The van der Waals surface area contributed by atoms with E-state index in [1.54, 1.807) is 14.2 Å². The summed E-state index contributed by atoms with van der Waals surface area (Å²) in [7, 11) is 3.27. The van der Waals surface area contributed by atoms with E-state index in [4.69, 9.17) is 14.2 Å². The first-order chi connectivity index (χ1) is 16.2. The Morgan fingerprint density at radius 1 is 1.09 bits per heavy atom. The van der Waals surface area contributed by atoms with Gasteiger partial charge in [0.1, 0.15) is 0 Å². The molecule has 2 aromatic carbocycles. The molecule has 1 fully saturated rings. The lowest BCUT2D eigenvalue weighted by atomic mass is 9.87. The Hall–Kier alpha value is -3.03. The largest absolute Gasteiger partial charge is 0.493 e. The van der Waals surface area contributed by atoms with Crippen molar-refractivity contribution in [1.29, 1.82) is 0 Å². The fraction of sp³-hybridized carbons (Fsp3) is 0.423. The lowest BCUT2D eigenvalue weighted by Crippen LogP contribution is -2.38. The van der Waals surface area contributed by atoms with Crippen molar-refractivity contribution in [2.45, 2.75) is 18.8 Å². The van der Waals surface area contributed by atoms with Gasteiger partial charge in [0.2, 0.25) is 5.91 Å². The highest BCUT2D eigenvalue weighted by Gasteiger charge is 2.26. The summed E-state index contributed by atoms with van der Waals surface area (Å²) in [5.41, 5.74) is 3.05. The number of hydrogen-bond donors (Lipinski definition) is 2. The Balaban J connectivity index is 1.52. The number of benzene rings is 2. The molecule has 1 aromatic heterocycles. The predicted octanol–water partition coefficient (Wildman–Crippen LogP) is 3.55. The standard InChI is InChI=1S/C26H33N3O4/c1-31-24-10-5-8-20(26(24)32-2)21(22-18-28-23-9-4-3-7-19(22)23)17-25(30)27-11-6-12-29-13-15-33-16-14-29/h3-5,7-10,18,21,28H,6,11-17H2,1-2H3,(H,27,30)/t21-/m1/s1. The molecule has 4 rings (SSSR count). The number of H-pyrrole nitrogens is 1. The van der Waals surface area contributed by atoms with Gasteiger partial charge in [-0.25, -0.2) is 0 Å². The molecule has 7 heteroatoms. The van der Waals surface area contributed by atoms with Gasteiger partial charge in [-0.05, 0) is 30.7 Å². The molecule has 2 heterocycles. The first-order valence-corrected chi connectivity index (χ1v) is 11.5. The number of fused-ring (bicyclic) bond motifs is 1. The number of rotatable bonds is 10. The van der Waals surface area contributed by atoms with Crippen molar-refractivity contribution < 1.29 is 19.0 Å². The van der Waals surface area contributed by atoms with E-state index in [1.807, 2.05) is 42.6 Å². The van der Waals surface area contributed by atoms with E-state index in [2.05, 4.69) is 21.3 Å². The maximum atomic E-state index is 13.0. The maximum Gasteiger partial charge on any atom is 0.220 e. The number of carbonyl (C=O) groups is 1. The number of aromatic amines is 1. The monoisotopic (exact) mass is 451 g/mol. The van der Waals surface area contributed by atoms with E-state index in [0.29, 0.717) is 24.5 Å². The summed E-state index contributed by atoms with van der Waals surface area (Å²) in [4.78, 5) is 18.8. The quantitative estimate of drug-likeness (QED) is 0.461. The van der Waals surface area contributed by atoms with Crippen LogP contribution in [0.5, 0.6) is 11.5 Å². The SMILES string of the molecule is COc1cccc([C@@H](CC(=O)NCCCN2CCOCC2)c2c[nH]c3ccccc23)c1OC. The van der Waals surface area contributed by atoms with E-state index < -0.39 is 0 Å². The maximum absolute atomic E-state index is 13.0. The number of ether oxygens (including phenoxy) is 3. The summed E-state index contributed by atoms with van der Waals surface area (Å²) in [6, 6.07) is 14.0. The van der Waals surface area contributed by atoms with E-state index in [-0.39, 0.29) is 11.8 Å². The van der Waals surface area contributed by atoms with Crippen LogP contribution in [0, 0.1) is 0 Å². The van der Waals surface area contributed by atoms with Crippen LogP contribution in [0.4, 0.5) is 0 Å². The second-order valence-corrected chi connectivity index (χ2v) is 8.29. The van der Waals surface area contributed by atoms with Gasteiger partial charge in [-0.1, -0.05) is 30.3 Å². The van der Waals surface area contributed by atoms with Crippen LogP contribution < -0.4 is 14.8 Å². The zero-order valence-electron chi connectivity index (χ0n) is 19.4. The lowest BCUT2D eigenvalue weighted by molar-refractivity contribution is -0.121. The predicted molar refractivity (Wildman–Crippen MR) is 129 cm³/mol. The van der Waals surface area contributed by atoms with Gasteiger partial charge in [0, 0.05) is 54.6 Å². The number of para-hydroxylation sites is 2. The molecule has 1 saturated heterocycles. The Morgan fingerprint density at radius 2 is 1.91 bits per heavy atom. The van der Waals surface area contributed by atoms with Gasteiger partial charge in [0.05, 0.1) is 27.4 Å². The lowest BCUT2D eigenvalue weighted by Gasteiger charge is -2.26. The Bertz CT molecular complexity index is 1060. The van der Waals surface area contributed by atoms with Gasteiger partial charge in [0.15, 0.2) is 11.5 Å². The molecule has 0 aliphatic carbocycles. The summed E-state index contributed by atoms with van der Waals surface area (Å²) < 4.78 is 16.6. The first kappa shape index (κ1) is 23.1. The van der Waals surface area contributed by atoms with Gasteiger partial charge in [-0.3, -0.25) is 9.69 Å². The second kappa shape index (κ2) is 11.2. The number of nitrogens with zero attached hydrogens (tertiary/aromatic N) is 1.